The Hall–Kier alpha value is -0.220. The van der Waals surface area contributed by atoms with Gasteiger partial charge in [-0.15, -0.1) is 11.6 Å². The molecular weight excluding hydrogens is 263 g/mol. The summed E-state index contributed by atoms with van der Waals surface area (Å²) >= 11 is 11.2. The third-order valence-corrected chi connectivity index (χ3v) is 2.35. The predicted molar refractivity (Wildman–Crippen MR) is 71.2 cm³/mol. The Morgan fingerprint density at radius 3 is 2.82 bits per heavy atom. The van der Waals surface area contributed by atoms with Crippen LogP contribution >= 0.6 is 23.2 Å². The van der Waals surface area contributed by atoms with Crippen molar-refractivity contribution in [1.29, 1.82) is 0 Å². The highest BCUT2D eigenvalue weighted by molar-refractivity contribution is 6.27. The molecule has 2 unspecified atom stereocenters. The standard InChI is InChI=1S/C12H20Cl2O3/c1-2-3-9-17-12(15)10-16-8-4-5-11(14)6-7-13/h4,6-8,11-12,15H,2-3,5,9-10H2,1H3/b7-6+,8-4+. The maximum Gasteiger partial charge on any atom is 0.189 e. The van der Waals surface area contributed by atoms with Crippen molar-refractivity contribution in [2.45, 2.75) is 37.9 Å². The molecule has 0 amide bonds. The van der Waals surface area contributed by atoms with E-state index in [1.165, 1.54) is 11.8 Å². The zero-order chi connectivity index (χ0) is 12.9. The largest absolute Gasteiger partial charge is 0.496 e. The first-order valence-corrected chi connectivity index (χ1v) is 6.55. The van der Waals surface area contributed by atoms with Gasteiger partial charge in [0.2, 0.25) is 0 Å². The molecule has 0 fully saturated rings. The van der Waals surface area contributed by atoms with Gasteiger partial charge in [-0.05, 0) is 18.9 Å². The Morgan fingerprint density at radius 2 is 2.18 bits per heavy atom. The van der Waals surface area contributed by atoms with E-state index >= 15 is 0 Å². The zero-order valence-electron chi connectivity index (χ0n) is 10.0. The third kappa shape index (κ3) is 12.0. The van der Waals surface area contributed by atoms with E-state index in [4.69, 9.17) is 32.7 Å². The molecule has 100 valence electrons. The lowest BCUT2D eigenvalue weighted by molar-refractivity contribution is -0.126. The highest BCUT2D eigenvalue weighted by atomic mass is 35.5. The van der Waals surface area contributed by atoms with Gasteiger partial charge in [0.05, 0.1) is 11.6 Å². The summed E-state index contributed by atoms with van der Waals surface area (Å²) in [5.41, 5.74) is 1.39. The van der Waals surface area contributed by atoms with Gasteiger partial charge < -0.3 is 14.6 Å². The van der Waals surface area contributed by atoms with Crippen molar-refractivity contribution in [2.24, 2.45) is 0 Å². The Balaban J connectivity index is 3.45. The second-order valence-electron chi connectivity index (χ2n) is 3.45. The van der Waals surface area contributed by atoms with Gasteiger partial charge in [0.15, 0.2) is 6.29 Å². The average molecular weight is 283 g/mol. The normalized spacial score (nSPS) is 15.5. The Morgan fingerprint density at radius 1 is 1.41 bits per heavy atom. The summed E-state index contributed by atoms with van der Waals surface area (Å²) in [6, 6.07) is 0. The van der Waals surface area contributed by atoms with E-state index in [1.807, 2.05) is 0 Å². The van der Waals surface area contributed by atoms with Crippen LogP contribution < -0.4 is 0 Å². The van der Waals surface area contributed by atoms with Gasteiger partial charge in [0.25, 0.3) is 0 Å². The fraction of sp³-hybridized carbons (Fsp3) is 0.667. The van der Waals surface area contributed by atoms with Crippen molar-refractivity contribution >= 4 is 23.2 Å². The molecule has 0 aromatic carbocycles. The SMILES string of the molecule is CCCCOC(O)CO/C=C/CC(Cl)/C=C/Cl. The van der Waals surface area contributed by atoms with Gasteiger partial charge in [-0.1, -0.05) is 31.0 Å². The molecule has 17 heavy (non-hydrogen) atoms. The van der Waals surface area contributed by atoms with Crippen molar-refractivity contribution in [3.05, 3.63) is 23.9 Å². The predicted octanol–water partition coefficient (Wildman–Crippen LogP) is 3.40. The number of hydrogen-bond acceptors (Lipinski definition) is 3. The summed E-state index contributed by atoms with van der Waals surface area (Å²) in [5, 5.41) is 9.19. The van der Waals surface area contributed by atoms with E-state index in [0.717, 1.165) is 12.8 Å². The molecule has 0 aliphatic rings. The number of aliphatic hydroxyl groups is 1. The van der Waals surface area contributed by atoms with Crippen LogP contribution in [0.15, 0.2) is 23.9 Å². The lowest BCUT2D eigenvalue weighted by Gasteiger charge is -2.10. The van der Waals surface area contributed by atoms with Gasteiger partial charge in [-0.3, -0.25) is 0 Å². The van der Waals surface area contributed by atoms with Crippen LogP contribution in [0.3, 0.4) is 0 Å². The van der Waals surface area contributed by atoms with Gasteiger partial charge >= 0.3 is 0 Å². The molecule has 1 N–H and O–H groups in total. The quantitative estimate of drug-likeness (QED) is 0.289. The van der Waals surface area contributed by atoms with E-state index in [9.17, 15) is 5.11 Å². The summed E-state index contributed by atoms with van der Waals surface area (Å²) in [6.45, 7) is 2.74. The first-order chi connectivity index (χ1) is 8.20. The van der Waals surface area contributed by atoms with Crippen molar-refractivity contribution in [1.82, 2.24) is 0 Å². The van der Waals surface area contributed by atoms with Crippen LogP contribution in [-0.2, 0) is 9.47 Å². The second kappa shape index (κ2) is 12.2. The average Bonchev–Trinajstić information content (AvgIpc) is 2.29. The van der Waals surface area contributed by atoms with E-state index in [1.54, 1.807) is 12.2 Å². The lowest BCUT2D eigenvalue weighted by Crippen LogP contribution is -2.18. The van der Waals surface area contributed by atoms with Crippen LogP contribution in [0.5, 0.6) is 0 Å². The molecule has 0 spiro atoms. The first kappa shape index (κ1) is 16.8. The van der Waals surface area contributed by atoms with Crippen molar-refractivity contribution < 1.29 is 14.6 Å². The highest BCUT2D eigenvalue weighted by Crippen LogP contribution is 2.05. The molecule has 0 aliphatic carbocycles. The molecule has 3 nitrogen and oxygen atoms in total. The smallest absolute Gasteiger partial charge is 0.189 e. The van der Waals surface area contributed by atoms with Gasteiger partial charge in [-0.25, -0.2) is 0 Å². The van der Waals surface area contributed by atoms with Crippen LogP contribution in [0.4, 0.5) is 0 Å². The maximum atomic E-state index is 9.33. The minimum atomic E-state index is -0.874. The Labute approximate surface area is 113 Å². The number of allylic oxidation sites excluding steroid dienone is 2. The molecule has 0 heterocycles. The highest BCUT2D eigenvalue weighted by Gasteiger charge is 2.02. The molecule has 2 atom stereocenters. The molecule has 0 radical (unpaired) electrons. The van der Waals surface area contributed by atoms with Crippen LogP contribution in [0, 0.1) is 0 Å². The van der Waals surface area contributed by atoms with Crippen molar-refractivity contribution in [2.75, 3.05) is 13.2 Å². The molecule has 0 saturated carbocycles. The van der Waals surface area contributed by atoms with Crippen LogP contribution in [0.2, 0.25) is 0 Å². The molecule has 5 heteroatoms. The van der Waals surface area contributed by atoms with Crippen molar-refractivity contribution in [3.63, 3.8) is 0 Å². The minimum absolute atomic E-state index is 0.124. The fourth-order valence-corrected chi connectivity index (χ4v) is 1.39. The van der Waals surface area contributed by atoms with Gasteiger partial charge in [0.1, 0.15) is 6.61 Å². The second-order valence-corrected chi connectivity index (χ2v) is 4.27. The van der Waals surface area contributed by atoms with E-state index in [2.05, 4.69) is 6.92 Å². The van der Waals surface area contributed by atoms with Gasteiger partial charge in [-0.2, -0.15) is 0 Å². The molecule has 0 aliphatic heterocycles. The molecule has 0 aromatic heterocycles. The summed E-state index contributed by atoms with van der Waals surface area (Å²) < 4.78 is 10.2. The number of alkyl halides is 1. The van der Waals surface area contributed by atoms with E-state index in [-0.39, 0.29) is 12.0 Å². The third-order valence-electron chi connectivity index (χ3n) is 1.88. The molecule has 0 saturated heterocycles. The number of aliphatic hydroxyl groups excluding tert-OH is 1. The van der Waals surface area contributed by atoms with E-state index < -0.39 is 6.29 Å². The van der Waals surface area contributed by atoms with Crippen LogP contribution in [0.25, 0.3) is 0 Å². The Kier molecular flexibility index (Phi) is 12.1. The molecule has 0 bridgehead atoms. The van der Waals surface area contributed by atoms with Crippen LogP contribution in [-0.4, -0.2) is 30.0 Å². The molecule has 0 aromatic rings. The van der Waals surface area contributed by atoms with Crippen LogP contribution in [0.1, 0.15) is 26.2 Å². The molecular formula is C12H20Cl2O3. The lowest BCUT2D eigenvalue weighted by atomic mass is 10.3. The fourth-order valence-electron chi connectivity index (χ4n) is 0.961. The minimum Gasteiger partial charge on any atom is -0.496 e. The number of halogens is 2. The maximum absolute atomic E-state index is 9.33. The summed E-state index contributed by atoms with van der Waals surface area (Å²) in [7, 11) is 0. The number of hydrogen-bond donors (Lipinski definition) is 1. The molecule has 0 rings (SSSR count). The first-order valence-electron chi connectivity index (χ1n) is 5.68. The topological polar surface area (TPSA) is 38.7 Å². The number of unbranched alkanes of at least 4 members (excludes halogenated alkanes) is 1. The monoisotopic (exact) mass is 282 g/mol. The summed E-state index contributed by atoms with van der Waals surface area (Å²) in [5.74, 6) is 0. The van der Waals surface area contributed by atoms with Crippen molar-refractivity contribution in [3.8, 4) is 0 Å². The number of ether oxygens (including phenoxy) is 2. The van der Waals surface area contributed by atoms with Gasteiger partial charge in [0, 0.05) is 12.1 Å². The van der Waals surface area contributed by atoms with E-state index in [0.29, 0.717) is 13.0 Å². The Bertz CT molecular complexity index is 220. The zero-order valence-corrected chi connectivity index (χ0v) is 11.5. The summed E-state index contributed by atoms with van der Waals surface area (Å²) in [6.07, 6.45) is 6.68. The number of rotatable bonds is 10. The summed E-state index contributed by atoms with van der Waals surface area (Å²) in [4.78, 5) is 0.